The molecule has 1 fully saturated rings. The van der Waals surface area contributed by atoms with Crippen LogP contribution in [-0.4, -0.2) is 52.2 Å². The van der Waals surface area contributed by atoms with Gasteiger partial charge in [0.15, 0.2) is 5.65 Å². The van der Waals surface area contributed by atoms with E-state index in [1.54, 1.807) is 13.3 Å². The van der Waals surface area contributed by atoms with Crippen LogP contribution in [0, 0.1) is 5.92 Å². The summed E-state index contributed by atoms with van der Waals surface area (Å²) in [6.45, 7) is 6.25. The predicted molar refractivity (Wildman–Crippen MR) is 113 cm³/mol. The average molecular weight is 393 g/mol. The first-order valence-corrected chi connectivity index (χ1v) is 10.1. The van der Waals surface area contributed by atoms with Crippen molar-refractivity contribution in [2.45, 2.75) is 26.3 Å². The summed E-state index contributed by atoms with van der Waals surface area (Å²) in [6, 6.07) is 11.9. The third-order valence-electron chi connectivity index (χ3n) is 5.27. The van der Waals surface area contributed by atoms with Crippen molar-refractivity contribution in [1.82, 2.24) is 24.8 Å². The topological polar surface area (TPSA) is 72.3 Å². The Bertz CT molecular complexity index is 996. The molecular formula is C22H27N5O2. The van der Waals surface area contributed by atoms with E-state index in [2.05, 4.69) is 28.7 Å². The maximum absolute atomic E-state index is 12.5. The van der Waals surface area contributed by atoms with Crippen molar-refractivity contribution in [3.63, 3.8) is 0 Å². The van der Waals surface area contributed by atoms with Crippen LogP contribution >= 0.6 is 0 Å². The second-order valence-electron chi connectivity index (χ2n) is 7.85. The van der Waals surface area contributed by atoms with Gasteiger partial charge in [-0.25, -0.2) is 14.8 Å². The molecule has 0 radical (unpaired) electrons. The van der Waals surface area contributed by atoms with Crippen molar-refractivity contribution in [3.8, 4) is 17.1 Å². The number of methoxy groups -OCH3 is 1. The highest BCUT2D eigenvalue weighted by atomic mass is 16.5. The number of benzene rings is 1. The second kappa shape index (κ2) is 8.11. The smallest absolute Gasteiger partial charge is 0.317 e. The molecule has 0 unspecified atom stereocenters. The molecule has 1 aliphatic heterocycles. The Morgan fingerprint density at radius 2 is 2.07 bits per heavy atom. The second-order valence-corrected chi connectivity index (χ2v) is 7.85. The number of likely N-dealkylation sites (tertiary alicyclic amines) is 1. The lowest BCUT2D eigenvalue weighted by Gasteiger charge is -2.20. The summed E-state index contributed by atoms with van der Waals surface area (Å²) in [6.07, 6.45) is 2.67. The zero-order valence-corrected chi connectivity index (χ0v) is 17.1. The number of nitrogens with one attached hydrogen (secondary N) is 1. The molecule has 1 N–H and O–H groups in total. The molecule has 2 aromatic heterocycles. The Balaban J connectivity index is 1.65. The van der Waals surface area contributed by atoms with Gasteiger partial charge in [0.05, 0.1) is 13.2 Å². The molecule has 1 aliphatic rings. The normalized spacial score (nSPS) is 16.6. The molecule has 2 amide bonds. The van der Waals surface area contributed by atoms with Gasteiger partial charge < -0.3 is 19.5 Å². The number of aromatic nitrogens is 3. The molecule has 0 bridgehead atoms. The standard InChI is InChI=1S/C22H27N5O2/c1-15(2)13-24-22(28)26-12-10-17(14-26)27-20(16-6-8-18(29-3)9-7-16)25-19-5-4-11-23-21(19)27/h4-9,11,15,17H,10,12-14H2,1-3H3,(H,24,28)/t17-/m0/s1. The molecule has 4 rings (SSSR count). The van der Waals surface area contributed by atoms with Crippen molar-refractivity contribution in [3.05, 3.63) is 42.6 Å². The van der Waals surface area contributed by atoms with Crippen molar-refractivity contribution < 1.29 is 9.53 Å². The number of carbonyl (C=O) groups is 1. The van der Waals surface area contributed by atoms with Crippen LogP contribution in [-0.2, 0) is 0 Å². The van der Waals surface area contributed by atoms with E-state index in [1.807, 2.05) is 41.3 Å². The largest absolute Gasteiger partial charge is 0.497 e. The van der Waals surface area contributed by atoms with E-state index >= 15 is 0 Å². The minimum atomic E-state index is 0.00424. The third-order valence-corrected chi connectivity index (χ3v) is 5.27. The van der Waals surface area contributed by atoms with Crippen molar-refractivity contribution in [1.29, 1.82) is 0 Å². The fourth-order valence-corrected chi connectivity index (χ4v) is 3.76. The fourth-order valence-electron chi connectivity index (χ4n) is 3.76. The van der Waals surface area contributed by atoms with Crippen molar-refractivity contribution in [2.24, 2.45) is 5.92 Å². The molecule has 3 aromatic rings. The Labute approximate surface area is 170 Å². The number of fused-ring (bicyclic) bond motifs is 1. The molecule has 1 atom stereocenters. The molecule has 0 saturated carbocycles. The van der Waals surface area contributed by atoms with Crippen molar-refractivity contribution >= 4 is 17.2 Å². The number of urea groups is 1. The fraction of sp³-hybridized carbons (Fsp3) is 0.409. The van der Waals surface area contributed by atoms with E-state index in [4.69, 9.17) is 9.72 Å². The zero-order valence-electron chi connectivity index (χ0n) is 17.1. The van der Waals surface area contributed by atoms with Crippen LogP contribution in [0.5, 0.6) is 5.75 Å². The Morgan fingerprint density at radius 3 is 2.79 bits per heavy atom. The first-order valence-electron chi connectivity index (χ1n) is 10.1. The van der Waals surface area contributed by atoms with Gasteiger partial charge in [0.25, 0.3) is 0 Å². The quantitative estimate of drug-likeness (QED) is 0.717. The summed E-state index contributed by atoms with van der Waals surface area (Å²) >= 11 is 0. The van der Waals surface area contributed by atoms with Gasteiger partial charge in [-0.1, -0.05) is 13.8 Å². The van der Waals surface area contributed by atoms with E-state index in [-0.39, 0.29) is 12.1 Å². The summed E-state index contributed by atoms with van der Waals surface area (Å²) in [5.74, 6) is 2.11. The number of rotatable bonds is 5. The zero-order chi connectivity index (χ0) is 20.4. The lowest BCUT2D eigenvalue weighted by molar-refractivity contribution is 0.206. The van der Waals surface area contributed by atoms with Crippen LogP contribution in [0.2, 0.25) is 0 Å². The van der Waals surface area contributed by atoms with Crippen LogP contribution in [0.25, 0.3) is 22.6 Å². The van der Waals surface area contributed by atoms with Crippen LogP contribution in [0.3, 0.4) is 0 Å². The van der Waals surface area contributed by atoms with Gasteiger partial charge in [0, 0.05) is 31.4 Å². The first kappa shape index (κ1) is 19.2. The molecule has 7 nitrogen and oxygen atoms in total. The average Bonchev–Trinajstić information content (AvgIpc) is 3.36. The molecule has 7 heteroatoms. The molecular weight excluding hydrogens is 366 g/mol. The highest BCUT2D eigenvalue weighted by Gasteiger charge is 2.30. The monoisotopic (exact) mass is 393 g/mol. The number of amides is 2. The van der Waals surface area contributed by atoms with Gasteiger partial charge in [-0.05, 0) is 48.7 Å². The number of ether oxygens (including phenoxy) is 1. The number of hydrogen-bond acceptors (Lipinski definition) is 4. The molecule has 29 heavy (non-hydrogen) atoms. The van der Waals surface area contributed by atoms with Crippen LogP contribution in [0.1, 0.15) is 26.3 Å². The highest BCUT2D eigenvalue weighted by Crippen LogP contribution is 2.32. The minimum Gasteiger partial charge on any atom is -0.497 e. The van der Waals surface area contributed by atoms with E-state index < -0.39 is 0 Å². The van der Waals surface area contributed by atoms with Crippen LogP contribution in [0.4, 0.5) is 4.79 Å². The molecule has 1 saturated heterocycles. The van der Waals surface area contributed by atoms with Gasteiger partial charge in [0.2, 0.25) is 0 Å². The predicted octanol–water partition coefficient (Wildman–Crippen LogP) is 3.72. The summed E-state index contributed by atoms with van der Waals surface area (Å²) < 4.78 is 7.47. The van der Waals surface area contributed by atoms with Gasteiger partial charge in [-0.2, -0.15) is 0 Å². The number of carbonyl (C=O) groups excluding carboxylic acids is 1. The molecule has 1 aromatic carbocycles. The Hall–Kier alpha value is -3.09. The molecule has 3 heterocycles. The van der Waals surface area contributed by atoms with Gasteiger partial charge in [0.1, 0.15) is 17.1 Å². The van der Waals surface area contributed by atoms with E-state index in [0.29, 0.717) is 19.0 Å². The number of nitrogens with zero attached hydrogens (tertiary/aromatic N) is 4. The van der Waals surface area contributed by atoms with Crippen molar-refractivity contribution in [2.75, 3.05) is 26.7 Å². The Morgan fingerprint density at radius 1 is 1.28 bits per heavy atom. The Kier molecular flexibility index (Phi) is 5.38. The number of hydrogen-bond donors (Lipinski definition) is 1. The summed E-state index contributed by atoms with van der Waals surface area (Å²) in [5.41, 5.74) is 2.72. The minimum absolute atomic E-state index is 0.00424. The third kappa shape index (κ3) is 3.90. The van der Waals surface area contributed by atoms with Gasteiger partial charge in [-0.15, -0.1) is 0 Å². The summed E-state index contributed by atoms with van der Waals surface area (Å²) in [5, 5.41) is 3.02. The number of imidazole rings is 1. The van der Waals surface area contributed by atoms with E-state index in [1.165, 1.54) is 0 Å². The summed E-state index contributed by atoms with van der Waals surface area (Å²) in [4.78, 5) is 23.8. The molecule has 152 valence electrons. The molecule has 0 spiro atoms. The highest BCUT2D eigenvalue weighted by molar-refractivity contribution is 5.78. The maximum Gasteiger partial charge on any atom is 0.317 e. The van der Waals surface area contributed by atoms with E-state index in [0.717, 1.165) is 41.3 Å². The van der Waals surface area contributed by atoms with Crippen LogP contribution < -0.4 is 10.1 Å². The lowest BCUT2D eigenvalue weighted by Crippen LogP contribution is -2.40. The van der Waals surface area contributed by atoms with E-state index in [9.17, 15) is 4.79 Å². The first-order chi connectivity index (χ1) is 14.1. The maximum atomic E-state index is 12.5. The molecule has 0 aliphatic carbocycles. The number of pyridine rings is 1. The summed E-state index contributed by atoms with van der Waals surface area (Å²) in [7, 11) is 1.66. The van der Waals surface area contributed by atoms with Gasteiger partial charge >= 0.3 is 6.03 Å². The SMILES string of the molecule is COc1ccc(-c2nc3cccnc3n2[C@H]2CCN(C(=O)NCC(C)C)C2)cc1. The van der Waals surface area contributed by atoms with Crippen LogP contribution in [0.15, 0.2) is 42.6 Å². The van der Waals surface area contributed by atoms with Gasteiger partial charge in [-0.3, -0.25) is 0 Å². The lowest BCUT2D eigenvalue weighted by atomic mass is 10.2.